The van der Waals surface area contributed by atoms with E-state index in [1.165, 1.54) is 31.2 Å². The van der Waals surface area contributed by atoms with Gasteiger partial charge in [0.1, 0.15) is 5.75 Å². The van der Waals surface area contributed by atoms with Crippen LogP contribution in [-0.2, 0) is 14.3 Å². The molecule has 1 heterocycles. The summed E-state index contributed by atoms with van der Waals surface area (Å²) in [6, 6.07) is 7.90. The van der Waals surface area contributed by atoms with Gasteiger partial charge in [0.05, 0.1) is 13.2 Å². The van der Waals surface area contributed by atoms with Crippen molar-refractivity contribution in [3.63, 3.8) is 0 Å². The maximum absolute atomic E-state index is 12.0. The molecule has 0 spiro atoms. The van der Waals surface area contributed by atoms with Gasteiger partial charge in [-0.3, -0.25) is 0 Å². The molecule has 4 heteroatoms. The molecule has 1 saturated heterocycles. The molecule has 1 aromatic rings. The first-order valence-corrected chi connectivity index (χ1v) is 9.66. The molecular formula is C21H32O4. The number of benzene rings is 1. The zero-order valence-corrected chi connectivity index (χ0v) is 16.0. The second kappa shape index (κ2) is 9.93. The van der Waals surface area contributed by atoms with Gasteiger partial charge < -0.3 is 14.2 Å². The minimum absolute atomic E-state index is 0.316. The molecule has 1 saturated carbocycles. The third-order valence-corrected chi connectivity index (χ3v) is 4.84. The molecule has 1 aliphatic carbocycles. The fourth-order valence-corrected chi connectivity index (χ4v) is 3.30. The van der Waals surface area contributed by atoms with Crippen LogP contribution in [0.15, 0.2) is 24.3 Å². The summed E-state index contributed by atoms with van der Waals surface area (Å²) in [6.07, 6.45) is 4.21. The van der Waals surface area contributed by atoms with Crippen molar-refractivity contribution in [2.75, 3.05) is 13.2 Å². The highest BCUT2D eigenvalue weighted by molar-refractivity contribution is 5.75. The highest BCUT2D eigenvalue weighted by Crippen LogP contribution is 2.35. The number of hydrogen-bond acceptors (Lipinski definition) is 4. The number of carbonyl (C=O) groups is 1. The molecule has 0 bridgehead atoms. The summed E-state index contributed by atoms with van der Waals surface area (Å²) in [5, 5.41) is 0. The first kappa shape index (κ1) is 19.9. The summed E-state index contributed by atoms with van der Waals surface area (Å²) in [5.74, 6) is 1.88. The van der Waals surface area contributed by atoms with Crippen LogP contribution in [-0.4, -0.2) is 25.5 Å². The SMILES string of the molecule is CC.CC1CCC(c2ccc(OC(=O)C3OCC(C)CO3)cc2)CC1. The predicted octanol–water partition coefficient (Wildman–Crippen LogP) is 4.92. The van der Waals surface area contributed by atoms with Gasteiger partial charge in [-0.05, 0) is 42.4 Å². The molecule has 0 amide bonds. The Kier molecular flexibility index (Phi) is 7.91. The lowest BCUT2D eigenvalue weighted by Crippen LogP contribution is -2.38. The monoisotopic (exact) mass is 348 g/mol. The van der Waals surface area contributed by atoms with E-state index in [2.05, 4.69) is 19.1 Å². The van der Waals surface area contributed by atoms with Gasteiger partial charge in [0.15, 0.2) is 0 Å². The summed E-state index contributed by atoms with van der Waals surface area (Å²) in [5.41, 5.74) is 1.34. The minimum Gasteiger partial charge on any atom is -0.423 e. The van der Waals surface area contributed by atoms with Crippen molar-refractivity contribution in [1.29, 1.82) is 0 Å². The summed E-state index contributed by atoms with van der Waals surface area (Å²) >= 11 is 0. The van der Waals surface area contributed by atoms with Gasteiger partial charge >= 0.3 is 5.97 Å². The van der Waals surface area contributed by atoms with Gasteiger partial charge in [0.25, 0.3) is 6.29 Å². The summed E-state index contributed by atoms with van der Waals surface area (Å²) in [7, 11) is 0. The highest BCUT2D eigenvalue weighted by atomic mass is 16.7. The molecule has 0 unspecified atom stereocenters. The zero-order valence-electron chi connectivity index (χ0n) is 16.0. The molecule has 2 fully saturated rings. The van der Waals surface area contributed by atoms with Crippen LogP contribution < -0.4 is 4.74 Å². The Balaban J connectivity index is 0.00000109. The summed E-state index contributed by atoms with van der Waals surface area (Å²) < 4.78 is 16.1. The Morgan fingerprint density at radius 1 is 0.920 bits per heavy atom. The molecule has 2 aliphatic rings. The van der Waals surface area contributed by atoms with E-state index in [0.29, 0.717) is 30.8 Å². The third kappa shape index (κ3) is 5.82. The second-order valence-corrected chi connectivity index (χ2v) is 7.05. The van der Waals surface area contributed by atoms with Gasteiger partial charge in [-0.15, -0.1) is 0 Å². The van der Waals surface area contributed by atoms with E-state index in [1.54, 1.807) is 0 Å². The van der Waals surface area contributed by atoms with Crippen LogP contribution in [0.4, 0.5) is 0 Å². The van der Waals surface area contributed by atoms with Crippen molar-refractivity contribution in [3.05, 3.63) is 29.8 Å². The van der Waals surface area contributed by atoms with E-state index in [4.69, 9.17) is 14.2 Å². The highest BCUT2D eigenvalue weighted by Gasteiger charge is 2.28. The van der Waals surface area contributed by atoms with Crippen molar-refractivity contribution >= 4 is 5.97 Å². The van der Waals surface area contributed by atoms with Crippen LogP contribution in [0.1, 0.15) is 64.9 Å². The largest absolute Gasteiger partial charge is 0.423 e. The van der Waals surface area contributed by atoms with E-state index in [0.717, 1.165) is 5.92 Å². The van der Waals surface area contributed by atoms with E-state index >= 15 is 0 Å². The van der Waals surface area contributed by atoms with Gasteiger partial charge in [0.2, 0.25) is 0 Å². The molecule has 1 aromatic carbocycles. The molecule has 0 N–H and O–H groups in total. The van der Waals surface area contributed by atoms with Crippen LogP contribution in [0, 0.1) is 11.8 Å². The van der Waals surface area contributed by atoms with Gasteiger partial charge in [-0.2, -0.15) is 0 Å². The molecule has 0 atom stereocenters. The van der Waals surface area contributed by atoms with Crippen molar-refractivity contribution in [1.82, 2.24) is 0 Å². The van der Waals surface area contributed by atoms with Crippen LogP contribution in [0.2, 0.25) is 0 Å². The fourth-order valence-electron chi connectivity index (χ4n) is 3.30. The molecular weight excluding hydrogens is 316 g/mol. The normalized spacial score (nSPS) is 29.3. The Hall–Kier alpha value is -1.39. The quantitative estimate of drug-likeness (QED) is 0.574. The Morgan fingerprint density at radius 2 is 1.48 bits per heavy atom. The fraction of sp³-hybridized carbons (Fsp3) is 0.667. The van der Waals surface area contributed by atoms with Crippen LogP contribution in [0.25, 0.3) is 0 Å². The average molecular weight is 348 g/mol. The first-order chi connectivity index (χ1) is 12.1. The number of hydrogen-bond donors (Lipinski definition) is 0. The topological polar surface area (TPSA) is 44.8 Å². The first-order valence-electron chi connectivity index (χ1n) is 9.66. The van der Waals surface area contributed by atoms with E-state index < -0.39 is 12.3 Å². The molecule has 4 nitrogen and oxygen atoms in total. The lowest BCUT2D eigenvalue weighted by molar-refractivity contribution is -0.213. The third-order valence-electron chi connectivity index (χ3n) is 4.84. The summed E-state index contributed by atoms with van der Waals surface area (Å²) in [6.45, 7) is 9.40. The minimum atomic E-state index is -0.897. The lowest BCUT2D eigenvalue weighted by Gasteiger charge is -2.27. The standard InChI is InChI=1S/C19H26O4.C2H6/c1-13-3-5-15(6-4-13)16-7-9-17(10-8-16)23-18(20)19-21-11-14(2)12-22-19;1-2/h7-10,13-15,19H,3-6,11-12H2,1-2H3;1-2H3. The maximum Gasteiger partial charge on any atom is 0.368 e. The Labute approximate surface area is 151 Å². The van der Waals surface area contributed by atoms with Crippen molar-refractivity contribution in [3.8, 4) is 5.75 Å². The van der Waals surface area contributed by atoms with E-state index in [-0.39, 0.29) is 0 Å². The molecule has 0 radical (unpaired) electrons. The number of ether oxygens (including phenoxy) is 3. The number of rotatable bonds is 3. The van der Waals surface area contributed by atoms with Gasteiger partial charge in [-0.1, -0.05) is 52.7 Å². The van der Waals surface area contributed by atoms with Crippen LogP contribution >= 0.6 is 0 Å². The molecule has 1 aliphatic heterocycles. The second-order valence-electron chi connectivity index (χ2n) is 7.05. The lowest BCUT2D eigenvalue weighted by atomic mass is 9.79. The number of carbonyl (C=O) groups excluding carboxylic acids is 1. The van der Waals surface area contributed by atoms with Gasteiger partial charge in [-0.25, -0.2) is 4.79 Å². The van der Waals surface area contributed by atoms with E-state index in [9.17, 15) is 4.79 Å². The average Bonchev–Trinajstić information content (AvgIpc) is 2.65. The molecule has 3 rings (SSSR count). The van der Waals surface area contributed by atoms with Gasteiger partial charge in [0, 0.05) is 5.92 Å². The Bertz CT molecular complexity index is 509. The van der Waals surface area contributed by atoms with Crippen molar-refractivity contribution < 1.29 is 19.0 Å². The van der Waals surface area contributed by atoms with Crippen LogP contribution in [0.5, 0.6) is 5.75 Å². The zero-order chi connectivity index (χ0) is 18.2. The molecule has 140 valence electrons. The summed E-state index contributed by atoms with van der Waals surface area (Å²) in [4.78, 5) is 12.0. The molecule has 0 aromatic heterocycles. The maximum atomic E-state index is 12.0. The molecule has 25 heavy (non-hydrogen) atoms. The Morgan fingerprint density at radius 3 is 2.04 bits per heavy atom. The predicted molar refractivity (Wildman–Crippen MR) is 98.7 cm³/mol. The van der Waals surface area contributed by atoms with Crippen molar-refractivity contribution in [2.45, 2.75) is 65.6 Å². The number of esters is 1. The van der Waals surface area contributed by atoms with Crippen LogP contribution in [0.3, 0.4) is 0 Å². The smallest absolute Gasteiger partial charge is 0.368 e. The van der Waals surface area contributed by atoms with E-state index in [1.807, 2.05) is 32.9 Å². The van der Waals surface area contributed by atoms with Crippen molar-refractivity contribution in [2.24, 2.45) is 11.8 Å².